The lowest BCUT2D eigenvalue weighted by Crippen LogP contribution is -2.23. The minimum absolute atomic E-state index is 0.00632. The van der Waals surface area contributed by atoms with Gasteiger partial charge in [-0.2, -0.15) is 0 Å². The summed E-state index contributed by atoms with van der Waals surface area (Å²) in [6.45, 7) is 3.73. The monoisotopic (exact) mass is 291 g/mol. The molecule has 0 bridgehead atoms. The number of Topliss-reactive ketones (excluding diaryl/α,β-unsaturated/α-hetero) is 1. The molecule has 1 aliphatic heterocycles. The molecule has 114 valence electrons. The van der Waals surface area contributed by atoms with Gasteiger partial charge in [0.2, 0.25) is 5.91 Å². The third kappa shape index (κ3) is 4.48. The molecule has 21 heavy (non-hydrogen) atoms. The highest BCUT2D eigenvalue weighted by Gasteiger charge is 2.15. The lowest BCUT2D eigenvalue weighted by molar-refractivity contribution is -0.121. The van der Waals surface area contributed by atoms with E-state index in [-0.39, 0.29) is 11.7 Å². The van der Waals surface area contributed by atoms with Gasteiger partial charge in [0.15, 0.2) is 17.3 Å². The van der Waals surface area contributed by atoms with E-state index >= 15 is 0 Å². The van der Waals surface area contributed by atoms with Gasteiger partial charge in [0, 0.05) is 24.9 Å². The fourth-order valence-corrected chi connectivity index (χ4v) is 2.12. The molecule has 1 aromatic carbocycles. The predicted octanol–water partition coefficient (Wildman–Crippen LogP) is 2.34. The molecule has 1 aromatic rings. The molecule has 1 heterocycles. The first-order valence-electron chi connectivity index (χ1n) is 7.40. The van der Waals surface area contributed by atoms with Crippen molar-refractivity contribution in [2.45, 2.75) is 32.6 Å². The smallest absolute Gasteiger partial charge is 0.220 e. The quantitative estimate of drug-likeness (QED) is 0.783. The lowest BCUT2D eigenvalue weighted by atomic mass is 10.0. The molecule has 0 atom stereocenters. The van der Waals surface area contributed by atoms with Crippen LogP contribution in [-0.4, -0.2) is 31.4 Å². The van der Waals surface area contributed by atoms with Crippen molar-refractivity contribution in [3.8, 4) is 11.5 Å². The summed E-state index contributed by atoms with van der Waals surface area (Å²) in [4.78, 5) is 23.6. The molecule has 0 spiro atoms. The fourth-order valence-electron chi connectivity index (χ4n) is 2.12. The largest absolute Gasteiger partial charge is 0.486 e. The van der Waals surface area contributed by atoms with Crippen LogP contribution in [0.5, 0.6) is 11.5 Å². The molecule has 1 aliphatic rings. The predicted molar refractivity (Wildman–Crippen MR) is 78.9 cm³/mol. The van der Waals surface area contributed by atoms with E-state index in [1.807, 2.05) is 6.92 Å². The maximum Gasteiger partial charge on any atom is 0.220 e. The Labute approximate surface area is 124 Å². The highest BCUT2D eigenvalue weighted by molar-refractivity contribution is 5.96. The zero-order chi connectivity index (χ0) is 15.1. The summed E-state index contributed by atoms with van der Waals surface area (Å²) in [5, 5.41) is 2.80. The van der Waals surface area contributed by atoms with Crippen molar-refractivity contribution >= 4 is 11.7 Å². The highest BCUT2D eigenvalue weighted by Crippen LogP contribution is 2.31. The number of nitrogens with one attached hydrogen (secondary N) is 1. The lowest BCUT2D eigenvalue weighted by Gasteiger charge is -2.18. The SMILES string of the molecule is CCCNC(=O)CCCC(=O)c1ccc2c(c1)OCCO2. The van der Waals surface area contributed by atoms with Crippen LogP contribution < -0.4 is 14.8 Å². The molecular weight excluding hydrogens is 270 g/mol. The topological polar surface area (TPSA) is 64.6 Å². The number of benzene rings is 1. The first-order valence-corrected chi connectivity index (χ1v) is 7.40. The molecule has 1 N–H and O–H groups in total. The second-order valence-corrected chi connectivity index (χ2v) is 4.99. The van der Waals surface area contributed by atoms with Crippen molar-refractivity contribution in [2.75, 3.05) is 19.8 Å². The van der Waals surface area contributed by atoms with Gasteiger partial charge in [-0.05, 0) is 31.0 Å². The average molecular weight is 291 g/mol. The number of carbonyl (C=O) groups excluding carboxylic acids is 2. The summed E-state index contributed by atoms with van der Waals surface area (Å²) in [5.74, 6) is 1.33. The third-order valence-corrected chi connectivity index (χ3v) is 3.24. The standard InChI is InChI=1S/C16H21NO4/c1-2-8-17-16(19)5-3-4-13(18)12-6-7-14-15(11-12)21-10-9-20-14/h6-7,11H,2-5,8-10H2,1H3,(H,17,19). The maximum atomic E-state index is 12.1. The fraction of sp³-hybridized carbons (Fsp3) is 0.500. The number of hydrogen-bond donors (Lipinski definition) is 1. The number of fused-ring (bicyclic) bond motifs is 1. The molecule has 0 aliphatic carbocycles. The van der Waals surface area contributed by atoms with E-state index in [2.05, 4.69) is 5.32 Å². The maximum absolute atomic E-state index is 12.1. The Balaban J connectivity index is 1.82. The molecular formula is C16H21NO4. The second kappa shape index (κ2) is 7.67. The van der Waals surface area contributed by atoms with Crippen LogP contribution in [0, 0.1) is 0 Å². The zero-order valence-corrected chi connectivity index (χ0v) is 12.3. The highest BCUT2D eigenvalue weighted by atomic mass is 16.6. The molecule has 1 amide bonds. The van der Waals surface area contributed by atoms with Gasteiger partial charge in [0.05, 0.1) is 0 Å². The van der Waals surface area contributed by atoms with Crippen molar-refractivity contribution in [1.82, 2.24) is 5.32 Å². The Morgan fingerprint density at radius 3 is 2.67 bits per heavy atom. The zero-order valence-electron chi connectivity index (χ0n) is 12.3. The summed E-state index contributed by atoms with van der Waals surface area (Å²) in [7, 11) is 0. The van der Waals surface area contributed by atoms with Gasteiger partial charge in [-0.3, -0.25) is 9.59 Å². The van der Waals surface area contributed by atoms with Crippen molar-refractivity contribution in [3.63, 3.8) is 0 Å². The molecule has 5 nitrogen and oxygen atoms in total. The van der Waals surface area contributed by atoms with Gasteiger partial charge >= 0.3 is 0 Å². The van der Waals surface area contributed by atoms with Crippen molar-refractivity contribution in [3.05, 3.63) is 23.8 Å². The first-order chi connectivity index (χ1) is 10.2. The van der Waals surface area contributed by atoms with Gasteiger partial charge in [-0.25, -0.2) is 0 Å². The van der Waals surface area contributed by atoms with E-state index in [1.165, 1.54) is 0 Å². The number of ketones is 1. The number of rotatable bonds is 7. The number of hydrogen-bond acceptors (Lipinski definition) is 4. The first kappa shape index (κ1) is 15.4. The Morgan fingerprint density at radius 1 is 1.14 bits per heavy atom. The van der Waals surface area contributed by atoms with Crippen LogP contribution in [0.2, 0.25) is 0 Å². The van der Waals surface area contributed by atoms with Gasteiger partial charge in [-0.1, -0.05) is 6.92 Å². The molecule has 0 saturated carbocycles. The summed E-state index contributed by atoms with van der Waals surface area (Å²) < 4.78 is 10.9. The summed E-state index contributed by atoms with van der Waals surface area (Å²) in [5.41, 5.74) is 0.605. The Bertz CT molecular complexity index is 513. The van der Waals surface area contributed by atoms with Crippen LogP contribution in [0.1, 0.15) is 43.0 Å². The van der Waals surface area contributed by atoms with Crippen LogP contribution in [0.25, 0.3) is 0 Å². The van der Waals surface area contributed by atoms with Crippen molar-refractivity contribution in [1.29, 1.82) is 0 Å². The van der Waals surface area contributed by atoms with E-state index in [4.69, 9.17) is 9.47 Å². The van der Waals surface area contributed by atoms with Crippen molar-refractivity contribution in [2.24, 2.45) is 0 Å². The van der Waals surface area contributed by atoms with Crippen molar-refractivity contribution < 1.29 is 19.1 Å². The minimum Gasteiger partial charge on any atom is -0.486 e. The van der Waals surface area contributed by atoms with Crippen LogP contribution >= 0.6 is 0 Å². The summed E-state index contributed by atoms with van der Waals surface area (Å²) >= 11 is 0. The van der Waals surface area contributed by atoms with Gasteiger partial charge in [-0.15, -0.1) is 0 Å². The Morgan fingerprint density at radius 2 is 1.90 bits per heavy atom. The molecule has 0 aromatic heterocycles. The normalized spacial score (nSPS) is 12.8. The molecule has 0 saturated heterocycles. The second-order valence-electron chi connectivity index (χ2n) is 4.99. The van der Waals surface area contributed by atoms with Crippen LogP contribution in [0.15, 0.2) is 18.2 Å². The van der Waals surface area contributed by atoms with E-state index < -0.39 is 0 Å². The van der Waals surface area contributed by atoms with E-state index in [0.29, 0.717) is 56.1 Å². The van der Waals surface area contributed by atoms with Crippen LogP contribution in [0.3, 0.4) is 0 Å². The van der Waals surface area contributed by atoms with E-state index in [0.717, 1.165) is 6.42 Å². The molecule has 2 rings (SSSR count). The molecule has 0 fully saturated rings. The molecule has 0 radical (unpaired) electrons. The summed E-state index contributed by atoms with van der Waals surface area (Å²) in [6, 6.07) is 5.22. The molecule has 5 heteroatoms. The number of carbonyl (C=O) groups is 2. The van der Waals surface area contributed by atoms with E-state index in [1.54, 1.807) is 18.2 Å². The van der Waals surface area contributed by atoms with Gasteiger partial charge < -0.3 is 14.8 Å². The van der Waals surface area contributed by atoms with Crippen LogP contribution in [-0.2, 0) is 4.79 Å². The number of ether oxygens (including phenoxy) is 2. The van der Waals surface area contributed by atoms with Crippen LogP contribution in [0.4, 0.5) is 0 Å². The third-order valence-electron chi connectivity index (χ3n) is 3.24. The summed E-state index contributed by atoms with van der Waals surface area (Å²) in [6.07, 6.45) is 2.22. The van der Waals surface area contributed by atoms with Gasteiger partial charge in [0.1, 0.15) is 13.2 Å². The number of amides is 1. The van der Waals surface area contributed by atoms with Gasteiger partial charge in [0.25, 0.3) is 0 Å². The Hall–Kier alpha value is -2.04. The Kier molecular flexibility index (Phi) is 5.60. The van der Waals surface area contributed by atoms with E-state index in [9.17, 15) is 9.59 Å². The molecule has 0 unspecified atom stereocenters. The minimum atomic E-state index is 0.00632. The average Bonchev–Trinajstić information content (AvgIpc) is 2.52.